The summed E-state index contributed by atoms with van der Waals surface area (Å²) < 4.78 is 1.80. The minimum Gasteiger partial charge on any atom is -0.341 e. The first-order valence-electron chi connectivity index (χ1n) is 6.24. The Morgan fingerprint density at radius 1 is 0.850 bits per heavy atom. The summed E-state index contributed by atoms with van der Waals surface area (Å²) in [6.45, 7) is 1.44. The Balaban J connectivity index is 2.78. The summed E-state index contributed by atoms with van der Waals surface area (Å²) in [5.74, 6) is -0.0254. The molecule has 0 unspecified atom stereocenters. The van der Waals surface area contributed by atoms with Crippen molar-refractivity contribution >= 4 is 57.0 Å². The number of nitrogens with zero attached hydrogens (tertiary/aromatic N) is 2. The Kier molecular flexibility index (Phi) is 7.78. The number of carbonyl (C=O) groups is 2. The average Bonchev–Trinajstić information content (AvgIpc) is 2.46. The molecule has 4 nitrogen and oxygen atoms in total. The van der Waals surface area contributed by atoms with Crippen LogP contribution >= 0.6 is 45.2 Å². The predicted molar refractivity (Wildman–Crippen MR) is 98.1 cm³/mol. The van der Waals surface area contributed by atoms with Gasteiger partial charge in [-0.2, -0.15) is 0 Å². The molecule has 0 aromatic heterocycles. The lowest BCUT2D eigenvalue weighted by Crippen LogP contribution is -2.29. The molecule has 0 aliphatic heterocycles. The smallest absolute Gasteiger partial charge is 0.253 e. The van der Waals surface area contributed by atoms with Crippen LogP contribution in [0.4, 0.5) is 0 Å². The fourth-order valence-electron chi connectivity index (χ4n) is 1.65. The summed E-state index contributed by atoms with van der Waals surface area (Å²) in [5, 5.41) is 0. The van der Waals surface area contributed by atoms with Gasteiger partial charge in [0, 0.05) is 47.2 Å². The molecular weight excluding hydrogens is 482 g/mol. The molecule has 0 spiro atoms. The molecule has 0 atom stereocenters. The van der Waals surface area contributed by atoms with Crippen LogP contribution < -0.4 is 0 Å². The van der Waals surface area contributed by atoms with E-state index < -0.39 is 0 Å². The van der Waals surface area contributed by atoms with Gasteiger partial charge < -0.3 is 9.80 Å². The molecule has 2 amide bonds. The SMILES string of the molecule is CN(CCI)C(=O)c1ccc(C(=O)N(C)CCI)cc1. The van der Waals surface area contributed by atoms with Crippen LogP contribution in [0.5, 0.6) is 0 Å². The Hall–Kier alpha value is -0.380. The van der Waals surface area contributed by atoms with Crippen molar-refractivity contribution in [2.45, 2.75) is 0 Å². The number of amides is 2. The predicted octanol–water partition coefficient (Wildman–Crippen LogP) is 2.70. The van der Waals surface area contributed by atoms with Crippen molar-refractivity contribution in [1.82, 2.24) is 9.80 Å². The lowest BCUT2D eigenvalue weighted by molar-refractivity contribution is 0.0792. The number of halogens is 2. The highest BCUT2D eigenvalue weighted by Gasteiger charge is 2.14. The van der Waals surface area contributed by atoms with E-state index in [-0.39, 0.29) is 11.8 Å². The lowest BCUT2D eigenvalue weighted by atomic mass is 10.1. The number of benzene rings is 1. The Bertz CT molecular complexity index is 420. The zero-order valence-corrected chi connectivity index (χ0v) is 15.9. The maximum absolute atomic E-state index is 12.1. The summed E-state index contributed by atoms with van der Waals surface area (Å²) in [7, 11) is 3.57. The highest BCUT2D eigenvalue weighted by molar-refractivity contribution is 14.1. The van der Waals surface area contributed by atoms with E-state index in [1.54, 1.807) is 48.2 Å². The molecule has 1 aromatic carbocycles. The van der Waals surface area contributed by atoms with Gasteiger partial charge in [0.1, 0.15) is 0 Å². The van der Waals surface area contributed by atoms with E-state index in [4.69, 9.17) is 0 Å². The van der Waals surface area contributed by atoms with Gasteiger partial charge in [-0.05, 0) is 24.3 Å². The largest absolute Gasteiger partial charge is 0.341 e. The normalized spacial score (nSPS) is 10.2. The third kappa shape index (κ3) is 4.87. The quantitative estimate of drug-likeness (QED) is 0.446. The first-order valence-corrected chi connectivity index (χ1v) is 9.29. The first-order chi connectivity index (χ1) is 9.51. The van der Waals surface area contributed by atoms with E-state index in [2.05, 4.69) is 45.2 Å². The molecule has 0 aliphatic rings. The van der Waals surface area contributed by atoms with Crippen molar-refractivity contribution in [2.24, 2.45) is 0 Å². The van der Waals surface area contributed by atoms with Crippen LogP contribution in [-0.4, -0.2) is 57.7 Å². The summed E-state index contributed by atoms with van der Waals surface area (Å²) in [4.78, 5) is 27.5. The number of alkyl halides is 2. The lowest BCUT2D eigenvalue weighted by Gasteiger charge is -2.17. The molecule has 0 saturated heterocycles. The Morgan fingerprint density at radius 3 is 1.40 bits per heavy atom. The second kappa shape index (κ2) is 8.81. The molecule has 6 heteroatoms. The maximum atomic E-state index is 12.1. The summed E-state index contributed by atoms with van der Waals surface area (Å²) in [5.41, 5.74) is 1.23. The van der Waals surface area contributed by atoms with Gasteiger partial charge in [0.25, 0.3) is 11.8 Å². The number of hydrogen-bond donors (Lipinski definition) is 0. The minimum atomic E-state index is -0.0127. The topological polar surface area (TPSA) is 40.6 Å². The molecular formula is C14H18I2N2O2. The highest BCUT2D eigenvalue weighted by Crippen LogP contribution is 2.09. The molecule has 1 aromatic rings. The molecule has 0 heterocycles. The van der Waals surface area contributed by atoms with Crippen molar-refractivity contribution in [3.05, 3.63) is 35.4 Å². The third-order valence-corrected chi connectivity index (χ3v) is 3.88. The third-order valence-electron chi connectivity index (χ3n) is 2.91. The van der Waals surface area contributed by atoms with E-state index >= 15 is 0 Å². The van der Waals surface area contributed by atoms with E-state index in [1.807, 2.05) is 0 Å². The second-order valence-electron chi connectivity index (χ2n) is 4.41. The van der Waals surface area contributed by atoms with Gasteiger partial charge in [-0.15, -0.1) is 0 Å². The van der Waals surface area contributed by atoms with Crippen molar-refractivity contribution in [1.29, 1.82) is 0 Å². The summed E-state index contributed by atoms with van der Waals surface area (Å²) in [6, 6.07) is 6.88. The molecule has 0 N–H and O–H groups in total. The molecule has 0 aliphatic carbocycles. The van der Waals surface area contributed by atoms with Gasteiger partial charge in [-0.3, -0.25) is 9.59 Å². The fourth-order valence-corrected chi connectivity index (χ4v) is 3.10. The summed E-state index contributed by atoms with van der Waals surface area (Å²) >= 11 is 4.48. The van der Waals surface area contributed by atoms with Crippen molar-refractivity contribution in [2.75, 3.05) is 36.0 Å². The van der Waals surface area contributed by atoms with Gasteiger partial charge in [-0.25, -0.2) is 0 Å². The molecule has 0 fully saturated rings. The number of carbonyl (C=O) groups excluding carboxylic acids is 2. The molecule has 0 saturated carbocycles. The molecule has 110 valence electrons. The van der Waals surface area contributed by atoms with Crippen LogP contribution in [0.1, 0.15) is 20.7 Å². The average molecular weight is 500 g/mol. The number of hydrogen-bond acceptors (Lipinski definition) is 2. The second-order valence-corrected chi connectivity index (χ2v) is 6.57. The van der Waals surface area contributed by atoms with Gasteiger partial charge in [0.05, 0.1) is 0 Å². The van der Waals surface area contributed by atoms with Crippen molar-refractivity contribution < 1.29 is 9.59 Å². The summed E-state index contributed by atoms with van der Waals surface area (Å²) in [6.07, 6.45) is 0. The van der Waals surface area contributed by atoms with Crippen LogP contribution in [0.2, 0.25) is 0 Å². The standard InChI is InChI=1S/C14H18I2N2O2/c1-17(9-7-15)13(19)11-3-5-12(6-4-11)14(20)18(2)10-8-16/h3-6H,7-10H2,1-2H3. The van der Waals surface area contributed by atoms with Crippen LogP contribution in [0.15, 0.2) is 24.3 Å². The van der Waals surface area contributed by atoms with Gasteiger partial charge in [0.2, 0.25) is 0 Å². The van der Waals surface area contributed by atoms with Crippen LogP contribution in [0.25, 0.3) is 0 Å². The minimum absolute atomic E-state index is 0.0127. The monoisotopic (exact) mass is 500 g/mol. The first kappa shape index (κ1) is 17.7. The maximum Gasteiger partial charge on any atom is 0.253 e. The van der Waals surface area contributed by atoms with E-state index in [1.165, 1.54) is 0 Å². The number of rotatable bonds is 6. The van der Waals surface area contributed by atoms with Crippen LogP contribution in [-0.2, 0) is 0 Å². The Morgan fingerprint density at radius 2 is 1.15 bits per heavy atom. The highest BCUT2D eigenvalue weighted by atomic mass is 127. The molecule has 0 bridgehead atoms. The van der Waals surface area contributed by atoms with E-state index in [9.17, 15) is 9.59 Å². The van der Waals surface area contributed by atoms with Gasteiger partial charge in [-0.1, -0.05) is 45.2 Å². The van der Waals surface area contributed by atoms with Gasteiger partial charge >= 0.3 is 0 Å². The zero-order chi connectivity index (χ0) is 15.1. The van der Waals surface area contributed by atoms with Crippen molar-refractivity contribution in [3.8, 4) is 0 Å². The molecule has 1 rings (SSSR count). The van der Waals surface area contributed by atoms with Gasteiger partial charge in [0.15, 0.2) is 0 Å². The van der Waals surface area contributed by atoms with Crippen LogP contribution in [0.3, 0.4) is 0 Å². The van der Waals surface area contributed by atoms with Crippen molar-refractivity contribution in [3.63, 3.8) is 0 Å². The van der Waals surface area contributed by atoms with E-state index in [0.29, 0.717) is 11.1 Å². The fraction of sp³-hybridized carbons (Fsp3) is 0.429. The molecule has 20 heavy (non-hydrogen) atoms. The molecule has 0 radical (unpaired) electrons. The van der Waals surface area contributed by atoms with E-state index in [0.717, 1.165) is 21.9 Å². The van der Waals surface area contributed by atoms with Crippen LogP contribution in [0, 0.1) is 0 Å². The Labute approximate surface area is 147 Å². The zero-order valence-electron chi connectivity index (χ0n) is 11.6.